The molecule has 6 heteroatoms. The summed E-state index contributed by atoms with van der Waals surface area (Å²) in [7, 11) is 0. The molecule has 98 valence electrons. The minimum absolute atomic E-state index is 0.767. The highest BCUT2D eigenvalue weighted by Crippen LogP contribution is 2.33. The Hall–Kier alpha value is -1.92. The lowest BCUT2D eigenvalue weighted by Crippen LogP contribution is -2.01. The van der Waals surface area contributed by atoms with E-state index in [-0.39, 0.29) is 0 Å². The topological polar surface area (TPSA) is 43.1 Å². The van der Waals surface area contributed by atoms with Crippen LogP contribution in [0.25, 0.3) is 27.1 Å². The third-order valence-electron chi connectivity index (χ3n) is 3.14. The van der Waals surface area contributed by atoms with Crippen LogP contribution in [0.3, 0.4) is 0 Å². The number of nitrogens with zero attached hydrogens (tertiary/aromatic N) is 4. The quantitative estimate of drug-likeness (QED) is 0.529. The van der Waals surface area contributed by atoms with E-state index in [1.807, 2.05) is 12.3 Å². The molecular formula is C14H10N4S2. The fourth-order valence-corrected chi connectivity index (χ4v) is 3.52. The highest BCUT2D eigenvalue weighted by molar-refractivity contribution is 7.98. The van der Waals surface area contributed by atoms with Gasteiger partial charge in [-0.3, -0.25) is 0 Å². The van der Waals surface area contributed by atoms with Gasteiger partial charge in [0.1, 0.15) is 0 Å². The van der Waals surface area contributed by atoms with E-state index in [4.69, 9.17) is 0 Å². The summed E-state index contributed by atoms with van der Waals surface area (Å²) < 4.78 is 3.06. The second-order valence-corrected chi connectivity index (χ2v) is 5.97. The summed E-state index contributed by atoms with van der Waals surface area (Å²) in [5, 5.41) is 8.46. The van der Waals surface area contributed by atoms with Gasteiger partial charge in [-0.2, -0.15) is 9.61 Å². The molecule has 0 N–H and O–H groups in total. The predicted octanol–water partition coefficient (Wildman–Crippen LogP) is 3.73. The first-order valence-electron chi connectivity index (χ1n) is 6.09. The Morgan fingerprint density at radius 1 is 1.15 bits per heavy atom. The summed E-state index contributed by atoms with van der Waals surface area (Å²) in [6, 6.07) is 10.3. The minimum Gasteiger partial charge on any atom is -0.203 e. The first kappa shape index (κ1) is 11.9. The summed E-state index contributed by atoms with van der Waals surface area (Å²) in [5.41, 5.74) is 1.94. The normalized spacial score (nSPS) is 11.4. The number of thiophene rings is 1. The molecular weight excluding hydrogens is 288 g/mol. The highest BCUT2D eigenvalue weighted by Gasteiger charge is 2.13. The van der Waals surface area contributed by atoms with Gasteiger partial charge in [0, 0.05) is 27.1 Å². The van der Waals surface area contributed by atoms with Crippen molar-refractivity contribution in [3.8, 4) is 11.4 Å². The fraction of sp³-hybridized carbons (Fsp3) is 0.0714. The molecule has 0 radical (unpaired) electrons. The van der Waals surface area contributed by atoms with Gasteiger partial charge in [0.25, 0.3) is 0 Å². The van der Waals surface area contributed by atoms with Crippen LogP contribution in [0.2, 0.25) is 0 Å². The van der Waals surface area contributed by atoms with Gasteiger partial charge in [-0.05, 0) is 12.3 Å². The minimum atomic E-state index is 0.767. The molecule has 1 aromatic carbocycles. The molecule has 0 aliphatic rings. The zero-order valence-electron chi connectivity index (χ0n) is 10.6. The van der Waals surface area contributed by atoms with Crippen molar-refractivity contribution in [1.29, 1.82) is 0 Å². The Morgan fingerprint density at radius 3 is 2.95 bits per heavy atom. The maximum Gasteiger partial charge on any atom is 0.191 e. The third kappa shape index (κ3) is 1.72. The van der Waals surface area contributed by atoms with Gasteiger partial charge in [0.15, 0.2) is 16.6 Å². The molecule has 0 saturated carbocycles. The van der Waals surface area contributed by atoms with Crippen LogP contribution in [0.15, 0.2) is 47.1 Å². The van der Waals surface area contributed by atoms with E-state index in [9.17, 15) is 0 Å². The maximum absolute atomic E-state index is 4.64. The van der Waals surface area contributed by atoms with Crippen LogP contribution >= 0.6 is 23.1 Å². The lowest BCUT2D eigenvalue weighted by Gasteiger charge is -2.04. The molecule has 0 saturated heterocycles. The summed E-state index contributed by atoms with van der Waals surface area (Å²) >= 11 is 3.27. The lowest BCUT2D eigenvalue weighted by molar-refractivity contribution is 0.848. The molecule has 0 atom stereocenters. The Labute approximate surface area is 123 Å². The smallest absolute Gasteiger partial charge is 0.191 e. The molecule has 3 heterocycles. The Balaban J connectivity index is 2.08. The van der Waals surface area contributed by atoms with Crippen LogP contribution in [-0.2, 0) is 0 Å². The van der Waals surface area contributed by atoms with E-state index in [1.165, 1.54) is 10.1 Å². The number of rotatable bonds is 2. The maximum atomic E-state index is 4.64. The van der Waals surface area contributed by atoms with Crippen LogP contribution in [-0.4, -0.2) is 25.8 Å². The molecule has 0 amide bonds. The first-order valence-corrected chi connectivity index (χ1v) is 8.19. The van der Waals surface area contributed by atoms with Crippen molar-refractivity contribution in [1.82, 2.24) is 19.6 Å². The summed E-state index contributed by atoms with van der Waals surface area (Å²) in [6.45, 7) is 0. The monoisotopic (exact) mass is 298 g/mol. The molecule has 0 unspecified atom stereocenters. The number of benzene rings is 1. The number of thioether (sulfide) groups is 1. The Kier molecular flexibility index (Phi) is 2.71. The molecule has 20 heavy (non-hydrogen) atoms. The van der Waals surface area contributed by atoms with Gasteiger partial charge >= 0.3 is 0 Å². The van der Waals surface area contributed by atoms with E-state index >= 15 is 0 Å². The van der Waals surface area contributed by atoms with Crippen molar-refractivity contribution in [2.45, 2.75) is 5.16 Å². The molecule has 0 aliphatic heterocycles. The number of hydrogen-bond acceptors (Lipinski definition) is 5. The van der Waals surface area contributed by atoms with Crippen molar-refractivity contribution in [3.05, 3.63) is 41.9 Å². The van der Waals surface area contributed by atoms with Crippen molar-refractivity contribution in [2.24, 2.45) is 0 Å². The third-order valence-corrected chi connectivity index (χ3v) is 4.65. The molecule has 0 spiro atoms. The molecule has 0 aliphatic carbocycles. The van der Waals surface area contributed by atoms with Gasteiger partial charge in [-0.1, -0.05) is 30.0 Å². The van der Waals surface area contributed by atoms with Crippen LogP contribution in [0.5, 0.6) is 0 Å². The average molecular weight is 298 g/mol. The van der Waals surface area contributed by atoms with Crippen LogP contribution < -0.4 is 0 Å². The van der Waals surface area contributed by atoms with E-state index in [2.05, 4.69) is 44.7 Å². The average Bonchev–Trinajstić information content (AvgIpc) is 3.12. The molecule has 0 fully saturated rings. The van der Waals surface area contributed by atoms with E-state index in [1.54, 1.807) is 33.8 Å². The molecule has 4 nitrogen and oxygen atoms in total. The van der Waals surface area contributed by atoms with Crippen LogP contribution in [0.4, 0.5) is 0 Å². The van der Waals surface area contributed by atoms with E-state index in [0.29, 0.717) is 0 Å². The number of hydrogen-bond donors (Lipinski definition) is 0. The van der Waals surface area contributed by atoms with Gasteiger partial charge < -0.3 is 0 Å². The number of fused-ring (bicyclic) bond motifs is 2. The van der Waals surface area contributed by atoms with Gasteiger partial charge in [0.05, 0.1) is 6.20 Å². The van der Waals surface area contributed by atoms with E-state index < -0.39 is 0 Å². The van der Waals surface area contributed by atoms with Crippen LogP contribution in [0.1, 0.15) is 0 Å². The largest absolute Gasteiger partial charge is 0.203 e. The van der Waals surface area contributed by atoms with Crippen molar-refractivity contribution in [3.63, 3.8) is 0 Å². The summed E-state index contributed by atoms with van der Waals surface area (Å²) in [5.74, 6) is 0.849. The van der Waals surface area contributed by atoms with Gasteiger partial charge in [0.2, 0.25) is 0 Å². The van der Waals surface area contributed by atoms with Crippen molar-refractivity contribution < 1.29 is 0 Å². The standard InChI is InChI=1S/C14H10N4S2/c1-19-14-16-12-6-7-15-18(12)13(17-14)10-8-20-11-5-3-2-4-9(10)11/h2-8H,1H3. The second kappa shape index (κ2) is 4.57. The second-order valence-electron chi connectivity index (χ2n) is 4.28. The van der Waals surface area contributed by atoms with Gasteiger partial charge in [-0.25, -0.2) is 9.97 Å². The molecule has 4 aromatic rings. The van der Waals surface area contributed by atoms with Crippen molar-refractivity contribution in [2.75, 3.05) is 6.26 Å². The first-order chi connectivity index (χ1) is 9.86. The zero-order valence-corrected chi connectivity index (χ0v) is 12.3. The molecule has 0 bridgehead atoms. The highest BCUT2D eigenvalue weighted by atomic mass is 32.2. The fourth-order valence-electron chi connectivity index (χ4n) is 2.22. The van der Waals surface area contributed by atoms with E-state index in [0.717, 1.165) is 22.2 Å². The predicted molar refractivity (Wildman–Crippen MR) is 83.4 cm³/mol. The number of aromatic nitrogens is 4. The lowest BCUT2D eigenvalue weighted by atomic mass is 10.2. The summed E-state index contributed by atoms with van der Waals surface area (Å²) in [4.78, 5) is 9.10. The zero-order chi connectivity index (χ0) is 13.5. The summed E-state index contributed by atoms with van der Waals surface area (Å²) in [6.07, 6.45) is 3.74. The van der Waals surface area contributed by atoms with Gasteiger partial charge in [-0.15, -0.1) is 11.3 Å². The van der Waals surface area contributed by atoms with Crippen molar-refractivity contribution >= 4 is 38.8 Å². The Morgan fingerprint density at radius 2 is 2.05 bits per heavy atom. The molecule has 3 aromatic heterocycles. The SMILES string of the molecule is CSc1nc(-c2csc3ccccc23)n2nccc2n1. The molecule has 4 rings (SSSR count). The Bertz CT molecular complexity index is 910. The van der Waals surface area contributed by atoms with Crippen LogP contribution in [0, 0.1) is 0 Å².